The zero-order valence-corrected chi connectivity index (χ0v) is 14.6. The second kappa shape index (κ2) is 6.88. The van der Waals surface area contributed by atoms with E-state index in [0.717, 1.165) is 5.56 Å². The van der Waals surface area contributed by atoms with Gasteiger partial charge in [0.15, 0.2) is 11.7 Å². The second-order valence-corrected chi connectivity index (χ2v) is 6.99. The first-order chi connectivity index (χ1) is 11.9. The molecule has 0 unspecified atom stereocenters. The number of carbonyl (C=O) groups excluding carboxylic acids is 1. The number of nitrogens with zero attached hydrogens (tertiary/aromatic N) is 2. The van der Waals surface area contributed by atoms with Gasteiger partial charge in [-0.25, -0.2) is 4.98 Å². The van der Waals surface area contributed by atoms with Crippen molar-refractivity contribution in [3.63, 3.8) is 0 Å². The molecule has 0 saturated carbocycles. The van der Waals surface area contributed by atoms with E-state index >= 15 is 0 Å². The summed E-state index contributed by atoms with van der Waals surface area (Å²) in [5.41, 5.74) is 0.0200. The number of amides is 1. The minimum absolute atomic E-state index is 0.0729. The van der Waals surface area contributed by atoms with Crippen molar-refractivity contribution in [2.45, 2.75) is 26.2 Å². The molecular weight excluding hydrogens is 344 g/mol. The summed E-state index contributed by atoms with van der Waals surface area (Å²) in [5, 5.41) is 9.88. The van der Waals surface area contributed by atoms with E-state index in [1.807, 2.05) is 12.1 Å². The first-order valence-corrected chi connectivity index (χ1v) is 8.47. The number of hydrogen-bond acceptors (Lipinski definition) is 4. The standard InChI is InChI=1S/C18H19ClN2O4/c1-18(17(23)24)8-9-21(11-18)16(22)7-6-15-20-10-14(25-15)12-2-4-13(19)5-3-12/h2-5,10H,6-9,11H2,1H3,(H,23,24)/t18-/m1/s1. The maximum atomic E-state index is 12.3. The fraction of sp³-hybridized carbons (Fsp3) is 0.389. The predicted octanol–water partition coefficient (Wildman–Crippen LogP) is 3.25. The van der Waals surface area contributed by atoms with E-state index in [0.29, 0.717) is 36.1 Å². The van der Waals surface area contributed by atoms with Crippen molar-refractivity contribution in [1.82, 2.24) is 9.88 Å². The fourth-order valence-corrected chi connectivity index (χ4v) is 3.02. The van der Waals surface area contributed by atoms with Crippen LogP contribution in [0.25, 0.3) is 11.3 Å². The van der Waals surface area contributed by atoms with E-state index in [1.54, 1.807) is 30.2 Å². The maximum Gasteiger partial charge on any atom is 0.311 e. The number of aliphatic carboxylic acids is 1. The molecule has 1 saturated heterocycles. The molecule has 1 aromatic heterocycles. The van der Waals surface area contributed by atoms with Gasteiger partial charge in [-0.05, 0) is 37.6 Å². The molecule has 1 aliphatic rings. The van der Waals surface area contributed by atoms with Crippen LogP contribution >= 0.6 is 11.6 Å². The van der Waals surface area contributed by atoms with E-state index in [9.17, 15) is 14.7 Å². The van der Waals surface area contributed by atoms with Crippen LogP contribution < -0.4 is 0 Å². The Morgan fingerprint density at radius 1 is 1.36 bits per heavy atom. The van der Waals surface area contributed by atoms with Crippen LogP contribution in [0.5, 0.6) is 0 Å². The number of likely N-dealkylation sites (tertiary alicyclic amines) is 1. The lowest BCUT2D eigenvalue weighted by molar-refractivity contribution is -0.147. The van der Waals surface area contributed by atoms with Crippen molar-refractivity contribution in [3.05, 3.63) is 41.4 Å². The summed E-state index contributed by atoms with van der Waals surface area (Å²) >= 11 is 5.87. The quantitative estimate of drug-likeness (QED) is 0.882. The average molecular weight is 363 g/mol. The zero-order valence-electron chi connectivity index (χ0n) is 13.9. The van der Waals surface area contributed by atoms with Crippen molar-refractivity contribution in [1.29, 1.82) is 0 Å². The van der Waals surface area contributed by atoms with E-state index in [-0.39, 0.29) is 18.9 Å². The van der Waals surface area contributed by atoms with E-state index in [1.165, 1.54) is 0 Å². The molecule has 1 aromatic carbocycles. The van der Waals surface area contributed by atoms with Crippen molar-refractivity contribution in [3.8, 4) is 11.3 Å². The summed E-state index contributed by atoms with van der Waals surface area (Å²) in [6.45, 7) is 2.40. The van der Waals surface area contributed by atoms with Gasteiger partial charge in [-0.15, -0.1) is 0 Å². The summed E-state index contributed by atoms with van der Waals surface area (Å²) in [5.74, 6) is 0.177. The number of rotatable bonds is 5. The molecular formula is C18H19ClN2O4. The molecule has 1 amide bonds. The topological polar surface area (TPSA) is 83.6 Å². The van der Waals surface area contributed by atoms with Crippen LogP contribution in [-0.2, 0) is 16.0 Å². The summed E-state index contributed by atoms with van der Waals surface area (Å²) in [4.78, 5) is 29.4. The number of carboxylic acid groups (broad SMARTS) is 1. The lowest BCUT2D eigenvalue weighted by Crippen LogP contribution is -2.34. The Bertz CT molecular complexity index is 787. The van der Waals surface area contributed by atoms with Gasteiger partial charge in [0, 0.05) is 36.5 Å². The van der Waals surface area contributed by atoms with Gasteiger partial charge >= 0.3 is 5.97 Å². The number of carbonyl (C=O) groups is 2. The Balaban J connectivity index is 1.57. The summed E-state index contributed by atoms with van der Waals surface area (Å²) in [6.07, 6.45) is 2.73. The van der Waals surface area contributed by atoms with Gasteiger partial charge in [0.25, 0.3) is 0 Å². The Kier molecular flexibility index (Phi) is 4.81. The van der Waals surface area contributed by atoms with Crippen molar-refractivity contribution >= 4 is 23.5 Å². The molecule has 132 valence electrons. The van der Waals surface area contributed by atoms with E-state index in [2.05, 4.69) is 4.98 Å². The molecule has 0 aliphatic carbocycles. The minimum Gasteiger partial charge on any atom is -0.481 e. The second-order valence-electron chi connectivity index (χ2n) is 6.56. The van der Waals surface area contributed by atoms with Crippen LogP contribution in [0.2, 0.25) is 5.02 Å². The highest BCUT2D eigenvalue weighted by molar-refractivity contribution is 6.30. The lowest BCUT2D eigenvalue weighted by Gasteiger charge is -2.19. The van der Waals surface area contributed by atoms with Gasteiger partial charge < -0.3 is 14.4 Å². The maximum absolute atomic E-state index is 12.3. The van der Waals surface area contributed by atoms with E-state index in [4.69, 9.17) is 16.0 Å². The van der Waals surface area contributed by atoms with Gasteiger partial charge in [0.2, 0.25) is 5.91 Å². The molecule has 25 heavy (non-hydrogen) atoms. The summed E-state index contributed by atoms with van der Waals surface area (Å²) < 4.78 is 5.68. The molecule has 6 nitrogen and oxygen atoms in total. The molecule has 1 N–H and O–H groups in total. The van der Waals surface area contributed by atoms with Crippen LogP contribution in [0.1, 0.15) is 25.7 Å². The number of halogens is 1. The van der Waals surface area contributed by atoms with Gasteiger partial charge in [-0.3, -0.25) is 9.59 Å². The first kappa shape index (κ1) is 17.5. The number of hydrogen-bond donors (Lipinski definition) is 1. The number of aryl methyl sites for hydroxylation is 1. The zero-order chi connectivity index (χ0) is 18.0. The molecule has 1 atom stereocenters. The van der Waals surface area contributed by atoms with Crippen LogP contribution in [0.3, 0.4) is 0 Å². The van der Waals surface area contributed by atoms with Gasteiger partial charge in [0.1, 0.15) is 0 Å². The lowest BCUT2D eigenvalue weighted by atomic mass is 9.90. The van der Waals surface area contributed by atoms with Gasteiger partial charge in [-0.1, -0.05) is 11.6 Å². The Labute approximate surface area is 150 Å². The summed E-state index contributed by atoms with van der Waals surface area (Å²) in [7, 11) is 0. The highest BCUT2D eigenvalue weighted by atomic mass is 35.5. The minimum atomic E-state index is -0.858. The van der Waals surface area contributed by atoms with Crippen molar-refractivity contribution in [2.24, 2.45) is 5.41 Å². The molecule has 7 heteroatoms. The number of benzene rings is 1. The van der Waals surface area contributed by atoms with Crippen LogP contribution in [0.4, 0.5) is 0 Å². The highest BCUT2D eigenvalue weighted by Crippen LogP contribution is 2.30. The smallest absolute Gasteiger partial charge is 0.311 e. The number of oxazole rings is 1. The molecule has 0 spiro atoms. The molecule has 3 rings (SSSR count). The largest absolute Gasteiger partial charge is 0.481 e. The monoisotopic (exact) mass is 362 g/mol. The molecule has 1 aliphatic heterocycles. The van der Waals surface area contributed by atoms with Crippen molar-refractivity contribution < 1.29 is 19.1 Å². The van der Waals surface area contributed by atoms with Crippen LogP contribution in [0, 0.1) is 5.41 Å². The molecule has 0 bridgehead atoms. The Morgan fingerprint density at radius 3 is 2.72 bits per heavy atom. The molecule has 2 aromatic rings. The summed E-state index contributed by atoms with van der Waals surface area (Å²) in [6, 6.07) is 7.23. The fourth-order valence-electron chi connectivity index (χ4n) is 2.89. The van der Waals surface area contributed by atoms with Crippen LogP contribution in [0.15, 0.2) is 34.9 Å². The first-order valence-electron chi connectivity index (χ1n) is 8.09. The molecule has 1 fully saturated rings. The Morgan fingerprint density at radius 2 is 2.08 bits per heavy atom. The normalized spacial score (nSPS) is 20.0. The number of aromatic nitrogens is 1. The number of carboxylic acids is 1. The van der Waals surface area contributed by atoms with E-state index < -0.39 is 11.4 Å². The van der Waals surface area contributed by atoms with Crippen LogP contribution in [-0.4, -0.2) is 40.0 Å². The van der Waals surface area contributed by atoms with Gasteiger partial charge in [0.05, 0.1) is 11.6 Å². The molecule has 2 heterocycles. The Hall–Kier alpha value is -2.34. The third-order valence-electron chi connectivity index (χ3n) is 4.58. The SMILES string of the molecule is C[C@@]1(C(=O)O)CCN(C(=O)CCc2ncc(-c3ccc(Cl)cc3)o2)C1. The average Bonchev–Trinajstić information content (AvgIpc) is 3.21. The molecule has 0 radical (unpaired) electrons. The highest BCUT2D eigenvalue weighted by Gasteiger charge is 2.41. The van der Waals surface area contributed by atoms with Crippen molar-refractivity contribution in [2.75, 3.05) is 13.1 Å². The van der Waals surface area contributed by atoms with Gasteiger partial charge in [-0.2, -0.15) is 0 Å². The predicted molar refractivity (Wildman–Crippen MR) is 92.2 cm³/mol. The third-order valence-corrected chi connectivity index (χ3v) is 4.83. The third kappa shape index (κ3) is 3.85.